The molecule has 0 saturated carbocycles. The van der Waals surface area contributed by atoms with Crippen molar-refractivity contribution in [3.8, 4) is 0 Å². The third-order valence-corrected chi connectivity index (χ3v) is 2.92. The molecule has 0 heterocycles. The number of rotatable bonds is 3. The Morgan fingerprint density at radius 2 is 1.88 bits per heavy atom. The van der Waals surface area contributed by atoms with E-state index in [-0.39, 0.29) is 5.12 Å². The summed E-state index contributed by atoms with van der Waals surface area (Å²) < 4.78 is 0. The highest BCUT2D eigenvalue weighted by Gasteiger charge is 2.09. The van der Waals surface area contributed by atoms with Gasteiger partial charge in [-0.25, -0.2) is 0 Å². The fourth-order valence-electron chi connectivity index (χ4n) is 1.71. The van der Waals surface area contributed by atoms with Gasteiger partial charge in [0, 0.05) is 0 Å². The fraction of sp³-hybridized carbons (Fsp3) is 0.154. The summed E-state index contributed by atoms with van der Waals surface area (Å²) in [5, 5.41) is 2.09. The van der Waals surface area contributed by atoms with Crippen LogP contribution in [0.15, 0.2) is 42.5 Å². The molecule has 0 aromatic heterocycles. The third kappa shape index (κ3) is 2.43. The Bertz CT molecular complexity index is 524. The SMILES string of the molecule is NC(Cc1ccc2ccccc2c1)C(=O)S. The standard InChI is InChI=1S/C13H13NOS/c14-12(13(15)16)8-9-5-6-10-3-1-2-4-11(10)7-9/h1-7,12H,8,14H2,(H,15,16). The van der Waals surface area contributed by atoms with Crippen LogP contribution >= 0.6 is 12.6 Å². The van der Waals surface area contributed by atoms with Crippen molar-refractivity contribution in [1.82, 2.24) is 0 Å². The molecule has 0 aliphatic heterocycles. The smallest absolute Gasteiger partial charge is 0.202 e. The van der Waals surface area contributed by atoms with Gasteiger partial charge in [-0.1, -0.05) is 42.5 Å². The van der Waals surface area contributed by atoms with Crippen molar-refractivity contribution in [3.05, 3.63) is 48.0 Å². The third-order valence-electron chi connectivity index (χ3n) is 2.59. The molecular formula is C13H13NOS. The van der Waals surface area contributed by atoms with Crippen molar-refractivity contribution in [3.63, 3.8) is 0 Å². The van der Waals surface area contributed by atoms with Crippen LogP contribution in [0, 0.1) is 0 Å². The molecule has 0 fully saturated rings. The molecule has 0 radical (unpaired) electrons. The number of benzene rings is 2. The number of fused-ring (bicyclic) bond motifs is 1. The van der Waals surface area contributed by atoms with Gasteiger partial charge >= 0.3 is 0 Å². The number of carbonyl (C=O) groups is 1. The molecule has 3 heteroatoms. The molecule has 0 spiro atoms. The van der Waals surface area contributed by atoms with Gasteiger partial charge < -0.3 is 5.73 Å². The number of thiol groups is 1. The van der Waals surface area contributed by atoms with Crippen molar-refractivity contribution in [2.45, 2.75) is 12.5 Å². The Kier molecular flexibility index (Phi) is 3.27. The van der Waals surface area contributed by atoms with E-state index in [0.717, 1.165) is 5.56 Å². The average Bonchev–Trinajstić information content (AvgIpc) is 2.28. The summed E-state index contributed by atoms with van der Waals surface area (Å²) in [6, 6.07) is 13.7. The first-order valence-electron chi connectivity index (χ1n) is 5.13. The monoisotopic (exact) mass is 231 g/mol. The largest absolute Gasteiger partial charge is 0.320 e. The highest BCUT2D eigenvalue weighted by molar-refractivity contribution is 7.96. The molecule has 82 valence electrons. The Labute approximate surface area is 99.9 Å². The first-order chi connectivity index (χ1) is 7.66. The normalized spacial score (nSPS) is 12.6. The van der Waals surface area contributed by atoms with Crippen LogP contribution in [0.25, 0.3) is 10.8 Å². The predicted octanol–water partition coefficient (Wildman–Crippen LogP) is 2.17. The minimum atomic E-state index is -0.524. The van der Waals surface area contributed by atoms with E-state index in [1.807, 2.05) is 30.3 Å². The second-order valence-electron chi connectivity index (χ2n) is 3.83. The zero-order chi connectivity index (χ0) is 11.5. The van der Waals surface area contributed by atoms with E-state index < -0.39 is 6.04 Å². The molecule has 2 aromatic carbocycles. The van der Waals surface area contributed by atoms with Crippen LogP contribution in [0.3, 0.4) is 0 Å². The van der Waals surface area contributed by atoms with E-state index in [4.69, 9.17) is 5.73 Å². The Morgan fingerprint density at radius 3 is 2.56 bits per heavy atom. The first-order valence-corrected chi connectivity index (χ1v) is 5.57. The van der Waals surface area contributed by atoms with Gasteiger partial charge in [0.2, 0.25) is 5.12 Å². The first kappa shape index (κ1) is 11.2. The van der Waals surface area contributed by atoms with E-state index in [2.05, 4.69) is 24.8 Å². The van der Waals surface area contributed by atoms with Crippen LogP contribution in [-0.2, 0) is 11.2 Å². The lowest BCUT2D eigenvalue weighted by Crippen LogP contribution is -2.29. The molecule has 0 amide bonds. The quantitative estimate of drug-likeness (QED) is 0.795. The Morgan fingerprint density at radius 1 is 1.19 bits per heavy atom. The molecule has 0 saturated heterocycles. The van der Waals surface area contributed by atoms with Gasteiger partial charge in [-0.2, -0.15) is 0 Å². The minimum absolute atomic E-state index is 0.270. The zero-order valence-electron chi connectivity index (χ0n) is 8.76. The lowest BCUT2D eigenvalue weighted by molar-refractivity contribution is -0.111. The second kappa shape index (κ2) is 4.68. The van der Waals surface area contributed by atoms with Gasteiger partial charge in [0.15, 0.2) is 0 Å². The Balaban J connectivity index is 2.29. The highest BCUT2D eigenvalue weighted by Crippen LogP contribution is 2.16. The highest BCUT2D eigenvalue weighted by atomic mass is 32.1. The van der Waals surface area contributed by atoms with E-state index in [9.17, 15) is 4.79 Å². The molecule has 2 rings (SSSR count). The van der Waals surface area contributed by atoms with Crippen LogP contribution in [0.5, 0.6) is 0 Å². The molecular weight excluding hydrogens is 218 g/mol. The summed E-state index contributed by atoms with van der Waals surface area (Å²) in [4.78, 5) is 11.0. The lowest BCUT2D eigenvalue weighted by Gasteiger charge is -2.08. The number of nitrogens with two attached hydrogens (primary N) is 1. The van der Waals surface area contributed by atoms with Gasteiger partial charge in [-0.3, -0.25) is 4.79 Å². The maximum absolute atomic E-state index is 11.0. The van der Waals surface area contributed by atoms with Gasteiger partial charge in [-0.15, -0.1) is 12.6 Å². The van der Waals surface area contributed by atoms with Crippen LogP contribution in [0.4, 0.5) is 0 Å². The van der Waals surface area contributed by atoms with Crippen molar-refractivity contribution in [2.24, 2.45) is 5.73 Å². The van der Waals surface area contributed by atoms with E-state index in [0.29, 0.717) is 6.42 Å². The van der Waals surface area contributed by atoms with Gasteiger partial charge in [-0.05, 0) is 22.8 Å². The summed E-state index contributed by atoms with van der Waals surface area (Å²) in [5.41, 5.74) is 6.73. The molecule has 0 aliphatic carbocycles. The number of hydrogen-bond donors (Lipinski definition) is 2. The lowest BCUT2D eigenvalue weighted by atomic mass is 10.0. The van der Waals surface area contributed by atoms with Gasteiger partial charge in [0.1, 0.15) is 0 Å². The van der Waals surface area contributed by atoms with Crippen molar-refractivity contribution in [2.75, 3.05) is 0 Å². The predicted molar refractivity (Wildman–Crippen MR) is 69.6 cm³/mol. The van der Waals surface area contributed by atoms with E-state index in [1.54, 1.807) is 0 Å². The summed E-state index contributed by atoms with van der Waals surface area (Å²) in [5.74, 6) is 0. The van der Waals surface area contributed by atoms with Gasteiger partial charge in [0.25, 0.3) is 0 Å². The number of hydrogen-bond acceptors (Lipinski definition) is 2. The fourth-order valence-corrected chi connectivity index (χ4v) is 1.80. The molecule has 1 atom stereocenters. The maximum atomic E-state index is 11.0. The molecule has 1 unspecified atom stereocenters. The summed E-state index contributed by atoms with van der Waals surface area (Å²) in [7, 11) is 0. The van der Waals surface area contributed by atoms with Crippen molar-refractivity contribution < 1.29 is 4.79 Å². The second-order valence-corrected chi connectivity index (χ2v) is 4.27. The van der Waals surface area contributed by atoms with Crippen LogP contribution in [0.2, 0.25) is 0 Å². The van der Waals surface area contributed by atoms with Crippen LogP contribution < -0.4 is 5.73 Å². The Hall–Kier alpha value is -1.32. The molecule has 0 aliphatic rings. The molecule has 2 nitrogen and oxygen atoms in total. The minimum Gasteiger partial charge on any atom is -0.320 e. The summed E-state index contributed by atoms with van der Waals surface area (Å²) >= 11 is 3.73. The molecule has 2 aromatic rings. The van der Waals surface area contributed by atoms with E-state index in [1.165, 1.54) is 10.8 Å². The molecule has 0 bridgehead atoms. The van der Waals surface area contributed by atoms with Crippen LogP contribution in [-0.4, -0.2) is 11.2 Å². The van der Waals surface area contributed by atoms with Crippen molar-refractivity contribution in [1.29, 1.82) is 0 Å². The topological polar surface area (TPSA) is 43.1 Å². The molecule has 16 heavy (non-hydrogen) atoms. The summed E-state index contributed by atoms with van der Waals surface area (Å²) in [6.07, 6.45) is 0.535. The number of carbonyl (C=O) groups excluding carboxylic acids is 1. The zero-order valence-corrected chi connectivity index (χ0v) is 9.65. The summed E-state index contributed by atoms with van der Waals surface area (Å²) in [6.45, 7) is 0. The maximum Gasteiger partial charge on any atom is 0.202 e. The molecule has 2 N–H and O–H groups in total. The van der Waals surface area contributed by atoms with Gasteiger partial charge in [0.05, 0.1) is 6.04 Å². The van der Waals surface area contributed by atoms with Crippen LogP contribution in [0.1, 0.15) is 5.56 Å². The van der Waals surface area contributed by atoms with E-state index >= 15 is 0 Å². The van der Waals surface area contributed by atoms with Crippen molar-refractivity contribution >= 4 is 28.5 Å². The average molecular weight is 231 g/mol.